The molecule has 0 radical (unpaired) electrons. The summed E-state index contributed by atoms with van der Waals surface area (Å²) in [5, 5.41) is 18.3. The molecule has 4 heteroatoms. The molecule has 0 aliphatic heterocycles. The zero-order chi connectivity index (χ0) is 9.84. The molecule has 0 aliphatic rings. The van der Waals surface area contributed by atoms with E-state index < -0.39 is 12.1 Å². The highest BCUT2D eigenvalue weighted by Crippen LogP contribution is 2.16. The monoisotopic (exact) mass is 182 g/mol. The number of aliphatic hydroxyl groups excluding tert-OH is 2. The molecule has 0 spiro atoms. The Morgan fingerprint density at radius 1 is 1.23 bits per heavy atom. The van der Waals surface area contributed by atoms with Crippen molar-refractivity contribution in [3.8, 4) is 0 Å². The highest BCUT2D eigenvalue weighted by Gasteiger charge is 2.15. The van der Waals surface area contributed by atoms with Crippen molar-refractivity contribution in [3.05, 3.63) is 29.8 Å². The fourth-order valence-electron chi connectivity index (χ4n) is 1.04. The summed E-state index contributed by atoms with van der Waals surface area (Å²) in [5.74, 6) is 0. The van der Waals surface area contributed by atoms with Gasteiger partial charge >= 0.3 is 0 Å². The van der Waals surface area contributed by atoms with Crippen LogP contribution >= 0.6 is 0 Å². The number of hydrogen-bond acceptors (Lipinski definition) is 4. The Bertz CT molecular complexity index is 261. The van der Waals surface area contributed by atoms with Crippen LogP contribution in [0.5, 0.6) is 0 Å². The van der Waals surface area contributed by atoms with Crippen LogP contribution in [0.25, 0.3) is 0 Å². The van der Waals surface area contributed by atoms with Gasteiger partial charge in [0.05, 0.1) is 18.8 Å². The third-order valence-electron chi connectivity index (χ3n) is 1.89. The maximum Gasteiger partial charge on any atom is 0.0963 e. The van der Waals surface area contributed by atoms with Crippen molar-refractivity contribution in [2.75, 3.05) is 12.3 Å². The van der Waals surface area contributed by atoms with Crippen LogP contribution in [0.1, 0.15) is 11.7 Å². The summed E-state index contributed by atoms with van der Waals surface area (Å²) < 4.78 is 0. The second-order valence-electron chi connectivity index (χ2n) is 2.96. The first-order chi connectivity index (χ1) is 6.15. The summed E-state index contributed by atoms with van der Waals surface area (Å²) in [6.07, 6.45) is -0.842. The van der Waals surface area contributed by atoms with Gasteiger partial charge in [0, 0.05) is 5.69 Å². The lowest BCUT2D eigenvalue weighted by molar-refractivity contribution is 0.109. The molecule has 0 aromatic heterocycles. The third kappa shape index (κ3) is 2.42. The van der Waals surface area contributed by atoms with Gasteiger partial charge in [0.25, 0.3) is 0 Å². The molecule has 0 heterocycles. The Kier molecular flexibility index (Phi) is 3.25. The van der Waals surface area contributed by atoms with E-state index in [4.69, 9.17) is 16.6 Å². The van der Waals surface area contributed by atoms with E-state index in [1.165, 1.54) is 0 Å². The van der Waals surface area contributed by atoms with Crippen molar-refractivity contribution in [1.82, 2.24) is 0 Å². The van der Waals surface area contributed by atoms with E-state index in [2.05, 4.69) is 0 Å². The summed E-state index contributed by atoms with van der Waals surface area (Å²) in [5.41, 5.74) is 12.2. The molecule has 0 saturated carbocycles. The lowest BCUT2D eigenvalue weighted by Crippen LogP contribution is -2.31. The number of benzene rings is 1. The average Bonchev–Trinajstić information content (AvgIpc) is 2.17. The van der Waals surface area contributed by atoms with Gasteiger partial charge in [0.15, 0.2) is 0 Å². The zero-order valence-electron chi connectivity index (χ0n) is 7.22. The average molecular weight is 182 g/mol. The van der Waals surface area contributed by atoms with E-state index in [0.29, 0.717) is 11.3 Å². The quantitative estimate of drug-likeness (QED) is 0.479. The summed E-state index contributed by atoms with van der Waals surface area (Å²) in [6, 6.07) is 6.10. The molecule has 1 aromatic carbocycles. The Labute approximate surface area is 76.8 Å². The van der Waals surface area contributed by atoms with Crippen LogP contribution in [-0.2, 0) is 0 Å². The molecule has 72 valence electrons. The first kappa shape index (κ1) is 9.98. The lowest BCUT2D eigenvalue weighted by atomic mass is 10.0. The Morgan fingerprint density at radius 2 is 1.77 bits per heavy atom. The largest absolute Gasteiger partial charge is 0.399 e. The van der Waals surface area contributed by atoms with Gasteiger partial charge in [-0.15, -0.1) is 0 Å². The predicted octanol–water partition coefficient (Wildman–Crippen LogP) is -0.378. The Hall–Kier alpha value is -1.10. The van der Waals surface area contributed by atoms with Crippen LogP contribution in [0, 0.1) is 0 Å². The Morgan fingerprint density at radius 3 is 2.23 bits per heavy atom. The van der Waals surface area contributed by atoms with Gasteiger partial charge in [-0.1, -0.05) is 12.1 Å². The summed E-state index contributed by atoms with van der Waals surface area (Å²) in [7, 11) is 0. The van der Waals surface area contributed by atoms with Gasteiger partial charge in [-0.05, 0) is 17.7 Å². The second-order valence-corrected chi connectivity index (χ2v) is 2.96. The zero-order valence-corrected chi connectivity index (χ0v) is 7.22. The number of nitrogens with two attached hydrogens (primary N) is 2. The molecule has 0 aliphatic carbocycles. The van der Waals surface area contributed by atoms with Crippen LogP contribution in [-0.4, -0.2) is 22.9 Å². The van der Waals surface area contributed by atoms with Gasteiger partial charge in [0.2, 0.25) is 0 Å². The predicted molar refractivity (Wildman–Crippen MR) is 50.9 cm³/mol. The first-order valence-electron chi connectivity index (χ1n) is 4.05. The highest BCUT2D eigenvalue weighted by molar-refractivity contribution is 5.40. The minimum absolute atomic E-state index is 0.245. The third-order valence-corrected chi connectivity index (χ3v) is 1.89. The van der Waals surface area contributed by atoms with Crippen LogP contribution in [0.3, 0.4) is 0 Å². The lowest BCUT2D eigenvalue weighted by Gasteiger charge is -2.16. The van der Waals surface area contributed by atoms with Crippen molar-refractivity contribution in [2.45, 2.75) is 12.1 Å². The fourth-order valence-corrected chi connectivity index (χ4v) is 1.04. The van der Waals surface area contributed by atoms with E-state index in [1.807, 2.05) is 0 Å². The number of rotatable bonds is 3. The van der Waals surface area contributed by atoms with E-state index in [1.54, 1.807) is 24.3 Å². The minimum atomic E-state index is -0.842. The molecule has 0 unspecified atom stereocenters. The summed E-state index contributed by atoms with van der Waals surface area (Å²) in [6.45, 7) is -0.245. The molecular weight excluding hydrogens is 168 g/mol. The van der Waals surface area contributed by atoms with E-state index in [-0.39, 0.29) is 6.61 Å². The molecule has 1 aromatic rings. The summed E-state index contributed by atoms with van der Waals surface area (Å²) in [4.78, 5) is 0. The highest BCUT2D eigenvalue weighted by atomic mass is 16.3. The molecular formula is C9H14N2O2. The molecule has 0 fully saturated rings. The van der Waals surface area contributed by atoms with Crippen LogP contribution in [0.2, 0.25) is 0 Å². The molecule has 1 rings (SSSR count). The minimum Gasteiger partial charge on any atom is -0.399 e. The molecule has 0 saturated heterocycles. The van der Waals surface area contributed by atoms with E-state index in [0.717, 1.165) is 0 Å². The van der Waals surface area contributed by atoms with E-state index >= 15 is 0 Å². The van der Waals surface area contributed by atoms with Crippen molar-refractivity contribution in [1.29, 1.82) is 0 Å². The fraction of sp³-hybridized carbons (Fsp3) is 0.333. The SMILES string of the molecule is Nc1ccc([C@H](O)[C@H](N)CO)cc1. The molecule has 6 N–H and O–H groups in total. The van der Waals surface area contributed by atoms with Crippen LogP contribution in [0.4, 0.5) is 5.69 Å². The Balaban J connectivity index is 2.77. The number of nitrogen functional groups attached to an aromatic ring is 1. The van der Waals surface area contributed by atoms with Crippen molar-refractivity contribution >= 4 is 5.69 Å². The molecule has 13 heavy (non-hydrogen) atoms. The molecule has 0 amide bonds. The maximum atomic E-state index is 9.55. The van der Waals surface area contributed by atoms with Crippen LogP contribution in [0.15, 0.2) is 24.3 Å². The molecule has 0 bridgehead atoms. The smallest absolute Gasteiger partial charge is 0.0963 e. The van der Waals surface area contributed by atoms with Crippen LogP contribution < -0.4 is 11.5 Å². The first-order valence-corrected chi connectivity index (χ1v) is 4.05. The number of hydrogen-bond donors (Lipinski definition) is 4. The van der Waals surface area contributed by atoms with Gasteiger partial charge in [0.1, 0.15) is 0 Å². The van der Waals surface area contributed by atoms with Crippen molar-refractivity contribution in [3.63, 3.8) is 0 Å². The van der Waals surface area contributed by atoms with Gasteiger partial charge in [-0.2, -0.15) is 0 Å². The second kappa shape index (κ2) is 4.23. The topological polar surface area (TPSA) is 92.5 Å². The van der Waals surface area contributed by atoms with Gasteiger partial charge in [-0.25, -0.2) is 0 Å². The number of aliphatic hydroxyl groups is 2. The summed E-state index contributed by atoms with van der Waals surface area (Å²) >= 11 is 0. The normalized spacial score (nSPS) is 15.3. The standard InChI is InChI=1S/C9H14N2O2/c10-7-3-1-6(2-4-7)9(13)8(11)5-12/h1-4,8-9,12-13H,5,10-11H2/t8-,9+/m1/s1. The van der Waals surface area contributed by atoms with E-state index in [9.17, 15) is 5.11 Å². The van der Waals surface area contributed by atoms with Gasteiger partial charge < -0.3 is 21.7 Å². The maximum absolute atomic E-state index is 9.55. The van der Waals surface area contributed by atoms with Gasteiger partial charge in [-0.3, -0.25) is 0 Å². The molecule has 2 atom stereocenters. The number of anilines is 1. The van der Waals surface area contributed by atoms with Crippen molar-refractivity contribution < 1.29 is 10.2 Å². The van der Waals surface area contributed by atoms with Crippen molar-refractivity contribution in [2.24, 2.45) is 5.73 Å². The molecule has 4 nitrogen and oxygen atoms in total.